The molecule has 0 saturated heterocycles. The number of hydrogen-bond donors (Lipinski definition) is 0. The van der Waals surface area contributed by atoms with E-state index in [0.29, 0.717) is 0 Å². The second-order valence-corrected chi connectivity index (χ2v) is 11.8. The molecule has 2 unspecified atom stereocenters. The lowest BCUT2D eigenvalue weighted by atomic mass is 9.65. The van der Waals surface area contributed by atoms with Gasteiger partial charge in [-0.05, 0) is 70.2 Å². The van der Waals surface area contributed by atoms with E-state index < -0.39 is 0 Å². The highest BCUT2D eigenvalue weighted by atomic mass is 14.5. The second kappa shape index (κ2) is 10.5. The summed E-state index contributed by atoms with van der Waals surface area (Å²) >= 11 is 0. The Bertz CT molecular complexity index is 1390. The van der Waals surface area contributed by atoms with Gasteiger partial charge in [0.2, 0.25) is 0 Å². The monoisotopic (exact) mass is 508 g/mol. The summed E-state index contributed by atoms with van der Waals surface area (Å²) < 4.78 is 0. The van der Waals surface area contributed by atoms with Gasteiger partial charge in [-0.2, -0.15) is 0 Å². The van der Waals surface area contributed by atoms with Gasteiger partial charge in [0.05, 0.1) is 0 Å². The SMILES string of the molecule is CCC1=C(C(C)(C)C2=C(CC)CC3=C2C(c2ccccc2)C=CC=C3)C2=C(C=CC=CC2c2ccccc2)C1. The van der Waals surface area contributed by atoms with Crippen molar-refractivity contribution in [2.24, 2.45) is 5.41 Å². The first-order chi connectivity index (χ1) is 19.0. The van der Waals surface area contributed by atoms with Crippen LogP contribution in [0.5, 0.6) is 0 Å². The van der Waals surface area contributed by atoms with Crippen LogP contribution in [-0.2, 0) is 0 Å². The van der Waals surface area contributed by atoms with Gasteiger partial charge < -0.3 is 0 Å². The third-order valence-corrected chi connectivity index (χ3v) is 9.21. The lowest BCUT2D eigenvalue weighted by molar-refractivity contribution is 0.530. The van der Waals surface area contributed by atoms with Crippen LogP contribution in [0.2, 0.25) is 0 Å². The Balaban J connectivity index is 1.54. The maximum Gasteiger partial charge on any atom is 0.0278 e. The lowest BCUT2D eigenvalue weighted by Crippen LogP contribution is -2.25. The molecule has 2 aromatic carbocycles. The van der Waals surface area contributed by atoms with Gasteiger partial charge in [0.25, 0.3) is 0 Å². The molecule has 0 saturated carbocycles. The van der Waals surface area contributed by atoms with Gasteiger partial charge >= 0.3 is 0 Å². The lowest BCUT2D eigenvalue weighted by Gasteiger charge is -2.38. The topological polar surface area (TPSA) is 0 Å². The van der Waals surface area contributed by atoms with Gasteiger partial charge in [0, 0.05) is 17.3 Å². The third kappa shape index (κ3) is 4.41. The van der Waals surface area contributed by atoms with Crippen molar-refractivity contribution >= 4 is 0 Å². The first-order valence-electron chi connectivity index (χ1n) is 14.8. The second-order valence-electron chi connectivity index (χ2n) is 11.8. The molecule has 0 aliphatic heterocycles. The van der Waals surface area contributed by atoms with E-state index >= 15 is 0 Å². The summed E-state index contributed by atoms with van der Waals surface area (Å²) in [5, 5.41) is 0. The van der Waals surface area contributed by atoms with Crippen LogP contribution in [0.15, 0.2) is 154 Å². The maximum atomic E-state index is 2.52. The highest BCUT2D eigenvalue weighted by Gasteiger charge is 2.44. The van der Waals surface area contributed by atoms with Crippen molar-refractivity contribution in [1.82, 2.24) is 0 Å². The number of hydrogen-bond acceptors (Lipinski definition) is 0. The molecule has 2 atom stereocenters. The van der Waals surface area contributed by atoms with Crippen LogP contribution in [0.4, 0.5) is 0 Å². The van der Waals surface area contributed by atoms with Crippen molar-refractivity contribution in [1.29, 1.82) is 0 Å². The first-order valence-corrected chi connectivity index (χ1v) is 14.8. The smallest absolute Gasteiger partial charge is 0.0278 e. The summed E-state index contributed by atoms with van der Waals surface area (Å²) in [7, 11) is 0. The van der Waals surface area contributed by atoms with Gasteiger partial charge in [-0.15, -0.1) is 0 Å². The minimum absolute atomic E-state index is 0.108. The molecule has 0 bridgehead atoms. The quantitative estimate of drug-likeness (QED) is 0.364. The standard InChI is InChI=1S/C39H40/c1-5-27-25-31-21-13-15-23-33(29-17-9-7-10-18-29)35(31)37(27)39(3,4)38-28(6-2)26-32-22-14-16-24-34(36(32)38)30-19-11-8-12-20-30/h7-24,33-34H,5-6,25-26H2,1-4H3. The Morgan fingerprint density at radius 1 is 0.590 bits per heavy atom. The van der Waals surface area contributed by atoms with Crippen LogP contribution < -0.4 is 0 Å². The molecule has 0 spiro atoms. The van der Waals surface area contributed by atoms with Gasteiger partial charge in [-0.3, -0.25) is 0 Å². The van der Waals surface area contributed by atoms with Crippen LogP contribution >= 0.6 is 0 Å². The van der Waals surface area contributed by atoms with E-state index in [4.69, 9.17) is 0 Å². The molecule has 0 fully saturated rings. The molecule has 6 rings (SSSR count). The van der Waals surface area contributed by atoms with Crippen LogP contribution in [0.25, 0.3) is 0 Å². The minimum Gasteiger partial charge on any atom is -0.0726 e. The Hall–Kier alpha value is -3.64. The average Bonchev–Trinajstić information content (AvgIpc) is 3.38. The molecule has 0 radical (unpaired) electrons. The molecule has 4 aliphatic carbocycles. The summed E-state index contributed by atoms with van der Waals surface area (Å²) in [4.78, 5) is 0. The Kier molecular flexibility index (Phi) is 6.90. The van der Waals surface area contributed by atoms with E-state index in [9.17, 15) is 0 Å². The van der Waals surface area contributed by atoms with E-state index in [-0.39, 0.29) is 17.3 Å². The molecule has 0 aromatic heterocycles. The summed E-state index contributed by atoms with van der Waals surface area (Å²) in [6.07, 6.45) is 22.9. The highest BCUT2D eigenvalue weighted by molar-refractivity contribution is 5.68. The molecule has 2 aromatic rings. The van der Waals surface area contributed by atoms with Crippen molar-refractivity contribution in [2.75, 3.05) is 0 Å². The van der Waals surface area contributed by atoms with Gasteiger partial charge in [-0.1, -0.05) is 148 Å². The van der Waals surface area contributed by atoms with Crippen molar-refractivity contribution < 1.29 is 0 Å². The van der Waals surface area contributed by atoms with Gasteiger partial charge in [-0.25, -0.2) is 0 Å². The Morgan fingerprint density at radius 3 is 1.38 bits per heavy atom. The molecule has 0 nitrogen and oxygen atoms in total. The summed E-state index contributed by atoms with van der Waals surface area (Å²) in [6, 6.07) is 22.2. The van der Waals surface area contributed by atoms with Gasteiger partial charge in [0.1, 0.15) is 0 Å². The van der Waals surface area contributed by atoms with Crippen molar-refractivity contribution in [3.8, 4) is 0 Å². The fourth-order valence-electron chi connectivity index (χ4n) is 7.59. The minimum atomic E-state index is -0.108. The highest BCUT2D eigenvalue weighted by Crippen LogP contribution is 2.59. The zero-order valence-corrected chi connectivity index (χ0v) is 23.9. The third-order valence-electron chi connectivity index (χ3n) is 9.21. The molecule has 0 heterocycles. The average molecular weight is 509 g/mol. The largest absolute Gasteiger partial charge is 0.0726 e. The number of rotatable bonds is 6. The van der Waals surface area contributed by atoms with Crippen molar-refractivity contribution in [3.63, 3.8) is 0 Å². The maximum absolute atomic E-state index is 2.52. The van der Waals surface area contributed by atoms with Gasteiger partial charge in [0.15, 0.2) is 0 Å². The predicted octanol–water partition coefficient (Wildman–Crippen LogP) is 10.6. The molecule has 0 amide bonds. The van der Waals surface area contributed by atoms with Crippen molar-refractivity contribution in [3.05, 3.63) is 165 Å². The molecule has 0 heteroatoms. The zero-order valence-electron chi connectivity index (χ0n) is 23.9. The van der Waals surface area contributed by atoms with Crippen LogP contribution in [-0.4, -0.2) is 0 Å². The Labute approximate surface area is 235 Å². The fraction of sp³-hybridized carbons (Fsp3) is 0.282. The summed E-state index contributed by atoms with van der Waals surface area (Å²) in [5.41, 5.74) is 15.1. The summed E-state index contributed by atoms with van der Waals surface area (Å²) in [5.74, 6) is 0.544. The van der Waals surface area contributed by atoms with Crippen LogP contribution in [0, 0.1) is 5.41 Å². The first kappa shape index (κ1) is 25.6. The normalized spacial score (nSPS) is 22.6. The van der Waals surface area contributed by atoms with Crippen molar-refractivity contribution in [2.45, 2.75) is 65.2 Å². The summed E-state index contributed by atoms with van der Waals surface area (Å²) in [6.45, 7) is 9.76. The zero-order chi connectivity index (χ0) is 27.0. The van der Waals surface area contributed by atoms with Crippen LogP contribution in [0.1, 0.15) is 76.3 Å². The molecular weight excluding hydrogens is 468 g/mol. The van der Waals surface area contributed by atoms with E-state index in [1.54, 1.807) is 33.4 Å². The van der Waals surface area contributed by atoms with E-state index in [1.165, 1.54) is 22.3 Å². The molecule has 39 heavy (non-hydrogen) atoms. The predicted molar refractivity (Wildman–Crippen MR) is 167 cm³/mol. The fourth-order valence-corrected chi connectivity index (χ4v) is 7.59. The molecule has 4 aliphatic rings. The number of benzene rings is 2. The molecular formula is C39H40. The van der Waals surface area contributed by atoms with E-state index in [2.05, 4.69) is 137 Å². The number of allylic oxidation sites excluding steroid dienone is 16. The molecule has 196 valence electrons. The van der Waals surface area contributed by atoms with E-state index in [1.807, 2.05) is 0 Å². The molecule has 0 N–H and O–H groups in total. The van der Waals surface area contributed by atoms with Crippen LogP contribution in [0.3, 0.4) is 0 Å². The van der Waals surface area contributed by atoms with E-state index in [0.717, 1.165) is 25.7 Å². The Morgan fingerprint density at radius 2 is 1.00 bits per heavy atom.